The molecule has 0 aliphatic rings. The van der Waals surface area contributed by atoms with Gasteiger partial charge >= 0.3 is 5.69 Å². The summed E-state index contributed by atoms with van der Waals surface area (Å²) in [6.45, 7) is 2.29. The Morgan fingerprint density at radius 2 is 1.77 bits per heavy atom. The van der Waals surface area contributed by atoms with E-state index in [1.165, 1.54) is 14.1 Å². The monoisotopic (exact) mass is 492 g/mol. The standard InChI is InChI=1S/C23H24N8O3S/c1-2-13-29(18(32)15-35-23-26-27-28-31(23)17-11-7-4-8-12-17)19-20(24)30(22(34)25-21(19)33)14-16-9-5-3-6-10-16/h3-12H,2,13-15,24H2,1H3,(H,25,33,34). The average Bonchev–Trinajstić information content (AvgIpc) is 3.34. The molecule has 0 fully saturated rings. The lowest BCUT2D eigenvalue weighted by atomic mass is 10.2. The third-order valence-corrected chi connectivity index (χ3v) is 6.09. The van der Waals surface area contributed by atoms with Gasteiger partial charge in [0.1, 0.15) is 5.82 Å². The number of nitrogens with two attached hydrogens (primary N) is 1. The first-order valence-electron chi connectivity index (χ1n) is 10.9. The fourth-order valence-electron chi connectivity index (χ4n) is 3.55. The summed E-state index contributed by atoms with van der Waals surface area (Å²) >= 11 is 1.14. The largest absolute Gasteiger partial charge is 0.383 e. The number of tetrazole rings is 1. The number of rotatable bonds is 9. The van der Waals surface area contributed by atoms with Crippen LogP contribution in [0.2, 0.25) is 0 Å². The minimum Gasteiger partial charge on any atom is -0.383 e. The predicted molar refractivity (Wildman–Crippen MR) is 134 cm³/mol. The van der Waals surface area contributed by atoms with Gasteiger partial charge in [-0.15, -0.1) is 5.10 Å². The fraction of sp³-hybridized carbons (Fsp3) is 0.217. The SMILES string of the molecule is CCCN(C(=O)CSc1nnnn1-c1ccccc1)c1c(N)n(Cc2ccccc2)c(=O)[nH]c1=O. The minimum absolute atomic E-state index is 0.0378. The van der Waals surface area contributed by atoms with Gasteiger partial charge in [-0.1, -0.05) is 67.2 Å². The van der Waals surface area contributed by atoms with Crippen LogP contribution in [-0.2, 0) is 11.3 Å². The van der Waals surface area contributed by atoms with Crippen LogP contribution in [0.15, 0.2) is 75.4 Å². The number of anilines is 2. The summed E-state index contributed by atoms with van der Waals surface area (Å²) in [5.41, 5.74) is 6.49. The van der Waals surface area contributed by atoms with Gasteiger partial charge in [0, 0.05) is 6.54 Å². The van der Waals surface area contributed by atoms with E-state index < -0.39 is 11.2 Å². The number of carbonyl (C=O) groups is 1. The number of thioether (sulfide) groups is 1. The highest BCUT2D eigenvalue weighted by molar-refractivity contribution is 7.99. The van der Waals surface area contributed by atoms with Crippen LogP contribution in [0.5, 0.6) is 0 Å². The van der Waals surface area contributed by atoms with Crippen molar-refractivity contribution < 1.29 is 4.79 Å². The highest BCUT2D eigenvalue weighted by Gasteiger charge is 2.24. The molecule has 0 radical (unpaired) electrons. The molecule has 2 aromatic heterocycles. The molecular weight excluding hydrogens is 468 g/mol. The molecule has 4 aromatic rings. The number of aromatic amines is 1. The zero-order valence-corrected chi connectivity index (χ0v) is 19.8. The van der Waals surface area contributed by atoms with E-state index in [9.17, 15) is 14.4 Å². The van der Waals surface area contributed by atoms with E-state index in [1.54, 1.807) is 0 Å². The van der Waals surface area contributed by atoms with Crippen LogP contribution < -0.4 is 21.9 Å². The quantitative estimate of drug-likeness (QED) is 0.336. The fourth-order valence-corrected chi connectivity index (χ4v) is 4.32. The molecule has 11 nitrogen and oxygen atoms in total. The number of hydrogen-bond donors (Lipinski definition) is 2. The van der Waals surface area contributed by atoms with E-state index in [4.69, 9.17) is 5.73 Å². The zero-order valence-electron chi connectivity index (χ0n) is 19.0. The molecule has 180 valence electrons. The van der Waals surface area contributed by atoms with Crippen molar-refractivity contribution in [3.63, 3.8) is 0 Å². The molecule has 0 saturated heterocycles. The van der Waals surface area contributed by atoms with Crippen LogP contribution in [0.25, 0.3) is 5.69 Å². The molecule has 0 bridgehead atoms. The Labute approximate surface area is 204 Å². The Morgan fingerprint density at radius 3 is 2.46 bits per heavy atom. The first kappa shape index (κ1) is 24.0. The Kier molecular flexibility index (Phi) is 7.41. The van der Waals surface area contributed by atoms with E-state index in [0.29, 0.717) is 11.6 Å². The Bertz CT molecular complexity index is 1420. The number of nitrogen functional groups attached to an aromatic ring is 1. The molecule has 2 aromatic carbocycles. The summed E-state index contributed by atoms with van der Waals surface area (Å²) in [6, 6.07) is 18.5. The first-order valence-corrected chi connectivity index (χ1v) is 11.9. The average molecular weight is 493 g/mol. The van der Waals surface area contributed by atoms with Crippen LogP contribution in [0.1, 0.15) is 18.9 Å². The Hall–Kier alpha value is -4.19. The second kappa shape index (κ2) is 10.8. The highest BCUT2D eigenvalue weighted by atomic mass is 32.2. The Balaban J connectivity index is 1.61. The van der Waals surface area contributed by atoms with Crippen molar-refractivity contribution in [2.24, 2.45) is 0 Å². The van der Waals surface area contributed by atoms with E-state index in [2.05, 4.69) is 20.5 Å². The minimum atomic E-state index is -0.710. The van der Waals surface area contributed by atoms with Crippen molar-refractivity contribution in [3.8, 4) is 5.69 Å². The van der Waals surface area contributed by atoms with Gasteiger partial charge in [0.25, 0.3) is 5.56 Å². The van der Waals surface area contributed by atoms with Gasteiger partial charge in [-0.05, 0) is 34.5 Å². The predicted octanol–water partition coefficient (Wildman–Crippen LogP) is 1.68. The van der Waals surface area contributed by atoms with Crippen LogP contribution in [0.3, 0.4) is 0 Å². The number of nitrogens with one attached hydrogen (secondary N) is 1. The molecule has 0 atom stereocenters. The van der Waals surface area contributed by atoms with Crippen molar-refractivity contribution in [2.45, 2.75) is 25.0 Å². The summed E-state index contributed by atoms with van der Waals surface area (Å²) in [6.07, 6.45) is 0.578. The molecule has 1 amide bonds. The Morgan fingerprint density at radius 1 is 1.09 bits per heavy atom. The zero-order chi connectivity index (χ0) is 24.8. The number of amides is 1. The van der Waals surface area contributed by atoms with Gasteiger partial charge in [0.15, 0.2) is 5.69 Å². The lowest BCUT2D eigenvalue weighted by Crippen LogP contribution is -2.42. The van der Waals surface area contributed by atoms with Crippen LogP contribution in [0, 0.1) is 0 Å². The molecule has 0 aliphatic heterocycles. The number of aromatic nitrogens is 6. The van der Waals surface area contributed by atoms with Gasteiger partial charge < -0.3 is 10.6 Å². The van der Waals surface area contributed by atoms with Crippen LogP contribution in [-0.4, -0.2) is 48.0 Å². The summed E-state index contributed by atoms with van der Waals surface area (Å²) in [4.78, 5) is 42.2. The maximum Gasteiger partial charge on any atom is 0.330 e. The highest BCUT2D eigenvalue weighted by Crippen LogP contribution is 2.22. The lowest BCUT2D eigenvalue weighted by Gasteiger charge is -2.24. The van der Waals surface area contributed by atoms with Crippen molar-refractivity contribution in [3.05, 3.63) is 87.1 Å². The van der Waals surface area contributed by atoms with Gasteiger partial charge in [-0.25, -0.2) is 4.79 Å². The second-order valence-electron chi connectivity index (χ2n) is 7.61. The third-order valence-electron chi connectivity index (χ3n) is 5.18. The number of benzene rings is 2. The van der Waals surface area contributed by atoms with E-state index in [-0.39, 0.29) is 36.3 Å². The summed E-state index contributed by atoms with van der Waals surface area (Å²) in [5.74, 6) is -0.464. The van der Waals surface area contributed by atoms with Crippen molar-refractivity contribution in [2.75, 3.05) is 22.9 Å². The normalized spacial score (nSPS) is 10.9. The second-order valence-corrected chi connectivity index (χ2v) is 8.55. The van der Waals surface area contributed by atoms with Crippen LogP contribution in [0.4, 0.5) is 11.5 Å². The maximum atomic E-state index is 13.3. The maximum absolute atomic E-state index is 13.3. The van der Waals surface area contributed by atoms with E-state index >= 15 is 0 Å². The summed E-state index contributed by atoms with van der Waals surface area (Å²) < 4.78 is 2.79. The third kappa shape index (κ3) is 5.32. The smallest absolute Gasteiger partial charge is 0.330 e. The molecule has 35 heavy (non-hydrogen) atoms. The number of para-hydroxylation sites is 1. The number of nitrogens with zero attached hydrogens (tertiary/aromatic N) is 6. The number of hydrogen-bond acceptors (Lipinski definition) is 8. The summed E-state index contributed by atoms with van der Waals surface area (Å²) in [7, 11) is 0. The van der Waals surface area contributed by atoms with Crippen LogP contribution >= 0.6 is 11.8 Å². The van der Waals surface area contributed by atoms with Gasteiger partial charge in [-0.3, -0.25) is 19.1 Å². The number of H-pyrrole nitrogens is 1. The molecular formula is C23H24N8O3S. The van der Waals surface area contributed by atoms with Gasteiger partial charge in [-0.2, -0.15) is 4.68 Å². The molecule has 0 unspecified atom stereocenters. The molecule has 4 rings (SSSR count). The molecule has 3 N–H and O–H groups in total. The lowest BCUT2D eigenvalue weighted by molar-refractivity contribution is -0.116. The molecule has 0 aliphatic carbocycles. The van der Waals surface area contributed by atoms with Crippen molar-refractivity contribution >= 4 is 29.2 Å². The van der Waals surface area contributed by atoms with Gasteiger partial charge in [0.2, 0.25) is 11.1 Å². The van der Waals surface area contributed by atoms with Crippen molar-refractivity contribution in [1.29, 1.82) is 0 Å². The van der Waals surface area contributed by atoms with E-state index in [0.717, 1.165) is 23.0 Å². The van der Waals surface area contributed by atoms with Crippen molar-refractivity contribution in [1.82, 2.24) is 29.8 Å². The molecule has 0 spiro atoms. The van der Waals surface area contributed by atoms with E-state index in [1.807, 2.05) is 67.6 Å². The topological polar surface area (TPSA) is 145 Å². The summed E-state index contributed by atoms with van der Waals surface area (Å²) in [5, 5.41) is 12.1. The first-order chi connectivity index (χ1) is 17.0. The molecule has 12 heteroatoms. The molecule has 0 saturated carbocycles. The number of carbonyl (C=O) groups excluding carboxylic acids is 1. The molecule has 2 heterocycles. The van der Waals surface area contributed by atoms with Gasteiger partial charge in [0.05, 0.1) is 18.0 Å².